The third-order valence-corrected chi connectivity index (χ3v) is 3.71. The second kappa shape index (κ2) is 4.35. The fourth-order valence-electron chi connectivity index (χ4n) is 1.58. The van der Waals surface area contributed by atoms with Crippen molar-refractivity contribution in [3.05, 3.63) is 29.6 Å². The Morgan fingerprint density at radius 1 is 1.38 bits per heavy atom. The molecule has 1 atom stereocenters. The first-order valence-electron chi connectivity index (χ1n) is 5.14. The number of hydrogen-bond acceptors (Lipinski definition) is 1. The zero-order valence-corrected chi connectivity index (χ0v) is 10.1. The Morgan fingerprint density at radius 2 is 2.06 bits per heavy atom. The standard InChI is InChI=1S/C11H11BrF3N/c12-9(7-4-5-7)6-8-2-1-3-10(16-8)11(13,14)15/h1-3,7,9H,4-6H2. The zero-order chi connectivity index (χ0) is 11.8. The van der Waals surface area contributed by atoms with Gasteiger partial charge < -0.3 is 0 Å². The Kier molecular flexibility index (Phi) is 3.24. The SMILES string of the molecule is FC(F)(F)c1cccc(CC(Br)C2CC2)n1. The van der Waals surface area contributed by atoms with E-state index in [0.29, 0.717) is 18.0 Å². The maximum Gasteiger partial charge on any atom is 0.433 e. The van der Waals surface area contributed by atoms with E-state index in [1.165, 1.54) is 6.07 Å². The predicted molar refractivity (Wildman–Crippen MR) is 58.4 cm³/mol. The number of halogens is 4. The van der Waals surface area contributed by atoms with E-state index in [4.69, 9.17) is 0 Å². The van der Waals surface area contributed by atoms with Gasteiger partial charge >= 0.3 is 6.18 Å². The molecular formula is C11H11BrF3N. The quantitative estimate of drug-likeness (QED) is 0.772. The molecule has 0 aromatic carbocycles. The van der Waals surface area contributed by atoms with E-state index >= 15 is 0 Å². The average Bonchev–Trinajstić information content (AvgIpc) is 2.99. The molecule has 5 heteroatoms. The largest absolute Gasteiger partial charge is 0.433 e. The van der Waals surface area contributed by atoms with Crippen LogP contribution in [0.2, 0.25) is 0 Å². The molecule has 16 heavy (non-hydrogen) atoms. The minimum Gasteiger partial charge on any atom is -0.248 e. The van der Waals surface area contributed by atoms with Crippen molar-refractivity contribution in [3.63, 3.8) is 0 Å². The average molecular weight is 294 g/mol. The summed E-state index contributed by atoms with van der Waals surface area (Å²) in [5.41, 5.74) is -0.302. The fourth-order valence-corrected chi connectivity index (χ4v) is 2.44. The molecule has 1 saturated carbocycles. The lowest BCUT2D eigenvalue weighted by Gasteiger charge is -2.10. The number of nitrogens with zero attached hydrogens (tertiary/aromatic N) is 1. The molecule has 1 aromatic rings. The van der Waals surface area contributed by atoms with Crippen LogP contribution in [0.1, 0.15) is 24.2 Å². The summed E-state index contributed by atoms with van der Waals surface area (Å²) in [6.07, 6.45) is -1.46. The summed E-state index contributed by atoms with van der Waals surface area (Å²) in [7, 11) is 0. The van der Waals surface area contributed by atoms with Crippen molar-refractivity contribution in [2.24, 2.45) is 5.92 Å². The van der Waals surface area contributed by atoms with E-state index in [1.807, 2.05) is 0 Å². The van der Waals surface area contributed by atoms with Crippen LogP contribution in [0.25, 0.3) is 0 Å². The number of alkyl halides is 4. The van der Waals surface area contributed by atoms with E-state index in [-0.39, 0.29) is 4.83 Å². The number of aromatic nitrogens is 1. The highest BCUT2D eigenvalue weighted by Gasteiger charge is 2.33. The molecule has 88 valence electrons. The van der Waals surface area contributed by atoms with Crippen molar-refractivity contribution in [1.82, 2.24) is 4.98 Å². The summed E-state index contributed by atoms with van der Waals surface area (Å²) in [4.78, 5) is 3.89. The van der Waals surface area contributed by atoms with Crippen LogP contribution in [0.4, 0.5) is 13.2 Å². The van der Waals surface area contributed by atoms with Crippen LogP contribution in [0.5, 0.6) is 0 Å². The first kappa shape index (κ1) is 11.9. The van der Waals surface area contributed by atoms with Gasteiger partial charge in [0.05, 0.1) is 0 Å². The lowest BCUT2D eigenvalue weighted by Crippen LogP contribution is -2.12. The molecule has 0 aliphatic heterocycles. The van der Waals surface area contributed by atoms with Crippen LogP contribution < -0.4 is 0 Å². The molecule has 0 amide bonds. The van der Waals surface area contributed by atoms with Crippen molar-refractivity contribution in [3.8, 4) is 0 Å². The van der Waals surface area contributed by atoms with Gasteiger partial charge in [0.1, 0.15) is 5.69 Å². The van der Waals surface area contributed by atoms with E-state index < -0.39 is 11.9 Å². The molecule has 0 spiro atoms. The second-order valence-corrected chi connectivity index (χ2v) is 5.25. The van der Waals surface area contributed by atoms with Gasteiger partial charge in [-0.3, -0.25) is 0 Å². The minimum absolute atomic E-state index is 0.253. The van der Waals surface area contributed by atoms with Crippen LogP contribution >= 0.6 is 15.9 Å². The molecule has 1 fully saturated rings. The smallest absolute Gasteiger partial charge is 0.248 e. The number of pyridine rings is 1. The van der Waals surface area contributed by atoms with Crippen molar-refractivity contribution in [1.29, 1.82) is 0 Å². The topological polar surface area (TPSA) is 12.9 Å². The maximum atomic E-state index is 12.4. The van der Waals surface area contributed by atoms with Gasteiger partial charge in [0.2, 0.25) is 0 Å². The third kappa shape index (κ3) is 2.97. The highest BCUT2D eigenvalue weighted by Crippen LogP contribution is 2.38. The summed E-state index contributed by atoms with van der Waals surface area (Å²) in [6, 6.07) is 4.06. The molecule has 1 unspecified atom stereocenters. The third-order valence-electron chi connectivity index (χ3n) is 2.63. The zero-order valence-electron chi connectivity index (χ0n) is 8.47. The molecule has 0 radical (unpaired) electrons. The summed E-state index contributed by atoms with van der Waals surface area (Å²) < 4.78 is 37.2. The molecule has 1 heterocycles. The fraction of sp³-hybridized carbons (Fsp3) is 0.545. The monoisotopic (exact) mass is 293 g/mol. The molecule has 2 rings (SSSR count). The first-order valence-corrected chi connectivity index (χ1v) is 6.05. The first-order chi connectivity index (χ1) is 7.47. The van der Waals surface area contributed by atoms with Crippen LogP contribution in [0, 0.1) is 5.92 Å². The van der Waals surface area contributed by atoms with Crippen LogP contribution in [0.3, 0.4) is 0 Å². The molecular weight excluding hydrogens is 283 g/mol. The van der Waals surface area contributed by atoms with Gasteiger partial charge in [-0.05, 0) is 30.9 Å². The van der Waals surface area contributed by atoms with Gasteiger partial charge in [-0.15, -0.1) is 0 Å². The highest BCUT2D eigenvalue weighted by molar-refractivity contribution is 9.09. The Balaban J connectivity index is 2.09. The van der Waals surface area contributed by atoms with Crippen molar-refractivity contribution in [2.45, 2.75) is 30.3 Å². The molecule has 1 aromatic heterocycles. The molecule has 1 nitrogen and oxygen atoms in total. The Labute approximate surface area is 100 Å². The van der Waals surface area contributed by atoms with Gasteiger partial charge in [0.25, 0.3) is 0 Å². The Bertz CT molecular complexity index is 374. The van der Waals surface area contributed by atoms with E-state index in [9.17, 15) is 13.2 Å². The van der Waals surface area contributed by atoms with Gasteiger partial charge in [-0.25, -0.2) is 4.98 Å². The Morgan fingerprint density at radius 3 is 2.62 bits per heavy atom. The number of hydrogen-bond donors (Lipinski definition) is 0. The predicted octanol–water partition coefficient (Wildman–Crippen LogP) is 3.82. The summed E-state index contributed by atoms with van der Waals surface area (Å²) in [5, 5.41) is 0. The van der Waals surface area contributed by atoms with Crippen LogP contribution in [0.15, 0.2) is 18.2 Å². The molecule has 1 aliphatic carbocycles. The second-order valence-electron chi connectivity index (χ2n) is 4.07. The van der Waals surface area contributed by atoms with Gasteiger partial charge in [-0.2, -0.15) is 13.2 Å². The maximum absolute atomic E-state index is 12.4. The lowest BCUT2D eigenvalue weighted by molar-refractivity contribution is -0.141. The van der Waals surface area contributed by atoms with Crippen molar-refractivity contribution in [2.75, 3.05) is 0 Å². The van der Waals surface area contributed by atoms with Gasteiger partial charge in [0, 0.05) is 16.9 Å². The van der Waals surface area contributed by atoms with Crippen molar-refractivity contribution >= 4 is 15.9 Å². The Hall–Kier alpha value is -0.580. The highest BCUT2D eigenvalue weighted by atomic mass is 79.9. The minimum atomic E-state index is -4.35. The van der Waals surface area contributed by atoms with Crippen molar-refractivity contribution < 1.29 is 13.2 Å². The molecule has 0 saturated heterocycles. The summed E-state index contributed by atoms with van der Waals surface area (Å²) in [6.45, 7) is 0. The van der Waals surface area contributed by atoms with E-state index in [0.717, 1.165) is 18.9 Å². The van der Waals surface area contributed by atoms with E-state index in [2.05, 4.69) is 20.9 Å². The molecule has 1 aliphatic rings. The van der Waals surface area contributed by atoms with E-state index in [1.54, 1.807) is 6.07 Å². The number of rotatable bonds is 3. The summed E-state index contributed by atoms with van der Waals surface area (Å²) in [5.74, 6) is 0.608. The van der Waals surface area contributed by atoms with Crippen LogP contribution in [-0.2, 0) is 12.6 Å². The summed E-state index contributed by atoms with van der Waals surface area (Å²) >= 11 is 3.50. The molecule has 0 bridgehead atoms. The molecule has 0 N–H and O–H groups in total. The normalized spacial score (nSPS) is 18.5. The van der Waals surface area contributed by atoms with Gasteiger partial charge in [0.15, 0.2) is 0 Å². The lowest BCUT2D eigenvalue weighted by atomic mass is 10.1. The van der Waals surface area contributed by atoms with Gasteiger partial charge in [-0.1, -0.05) is 22.0 Å². The van der Waals surface area contributed by atoms with Crippen LogP contribution in [-0.4, -0.2) is 9.81 Å².